The van der Waals surface area contributed by atoms with Gasteiger partial charge in [-0.1, -0.05) is 0 Å². The maximum absolute atomic E-state index is 13.0. The molecule has 0 spiro atoms. The summed E-state index contributed by atoms with van der Waals surface area (Å²) in [4.78, 5) is 64.7. The van der Waals surface area contributed by atoms with Crippen LogP contribution < -0.4 is 20.1 Å². The van der Waals surface area contributed by atoms with Crippen LogP contribution in [-0.2, 0) is 23.6 Å². The predicted octanol–water partition coefficient (Wildman–Crippen LogP) is 2.32. The molecule has 226 valence electrons. The van der Waals surface area contributed by atoms with Crippen molar-refractivity contribution in [2.24, 2.45) is 19.1 Å². The zero-order valence-electron chi connectivity index (χ0n) is 24.2. The minimum absolute atomic E-state index is 0.000423. The van der Waals surface area contributed by atoms with Crippen molar-refractivity contribution in [2.45, 2.75) is 31.7 Å². The van der Waals surface area contributed by atoms with Crippen LogP contribution in [0.15, 0.2) is 29.5 Å². The van der Waals surface area contributed by atoms with Crippen molar-refractivity contribution >= 4 is 47.2 Å². The van der Waals surface area contributed by atoms with Crippen molar-refractivity contribution in [3.05, 3.63) is 41.7 Å². The monoisotopic (exact) mass is 592 g/mol. The number of fused-ring (bicyclic) bond motifs is 2. The number of carbonyl (C=O) groups excluding carboxylic acids is 4. The van der Waals surface area contributed by atoms with Gasteiger partial charge in [-0.05, 0) is 25.3 Å². The molecule has 3 amide bonds. The van der Waals surface area contributed by atoms with Crippen molar-refractivity contribution < 1.29 is 33.4 Å². The van der Waals surface area contributed by atoms with Gasteiger partial charge in [0, 0.05) is 51.7 Å². The highest BCUT2D eigenvalue weighted by molar-refractivity contribution is 6.04. The van der Waals surface area contributed by atoms with Gasteiger partial charge in [-0.2, -0.15) is 0 Å². The van der Waals surface area contributed by atoms with Crippen LogP contribution in [0.25, 0.3) is 0 Å². The van der Waals surface area contributed by atoms with E-state index < -0.39 is 11.9 Å². The first kappa shape index (κ1) is 29.3. The fourth-order valence-corrected chi connectivity index (χ4v) is 4.96. The summed E-state index contributed by atoms with van der Waals surface area (Å²) < 4.78 is 18.9. The Hall–Kier alpha value is -5.21. The van der Waals surface area contributed by atoms with Crippen LogP contribution in [0.2, 0.25) is 0 Å². The third kappa shape index (κ3) is 6.19. The molecule has 1 unspecified atom stereocenters. The number of hydrogen-bond acceptors (Lipinski definition) is 10. The zero-order chi connectivity index (χ0) is 30.7. The van der Waals surface area contributed by atoms with E-state index in [0.29, 0.717) is 35.7 Å². The number of aryl methyl sites for hydroxylation is 2. The van der Waals surface area contributed by atoms with E-state index in [0.717, 1.165) is 12.8 Å². The van der Waals surface area contributed by atoms with Crippen LogP contribution in [0, 0.1) is 0 Å². The topological polar surface area (TPSA) is 171 Å². The van der Waals surface area contributed by atoms with E-state index in [1.807, 2.05) is 11.1 Å². The van der Waals surface area contributed by atoms with E-state index in [2.05, 4.69) is 30.3 Å². The first-order valence-electron chi connectivity index (χ1n) is 13.6. The summed E-state index contributed by atoms with van der Waals surface area (Å²) in [6.07, 6.45) is 7.14. The quantitative estimate of drug-likeness (QED) is 0.265. The largest absolute Gasteiger partial charge is 0.493 e. The number of aliphatic imine (C=N–C) groups is 1. The van der Waals surface area contributed by atoms with Gasteiger partial charge in [0.2, 0.25) is 17.6 Å². The number of nitrogens with zero attached hydrogens (tertiary/aromatic N) is 6. The molecule has 43 heavy (non-hydrogen) atoms. The number of aromatic nitrogens is 4. The molecule has 2 aliphatic heterocycles. The van der Waals surface area contributed by atoms with Gasteiger partial charge in [-0.3, -0.25) is 19.4 Å². The summed E-state index contributed by atoms with van der Waals surface area (Å²) in [6, 6.07) is 3.34. The number of carbonyl (C=O) groups is 4. The SMILES string of the molecule is COC(=O)c1nc(NC(=O)c2nc(NC(=O)CCCOc3cc4c(cc3OC)C(=O)N3CCCC3C=N4)cn2C)cn1C. The van der Waals surface area contributed by atoms with E-state index in [-0.39, 0.29) is 54.2 Å². The lowest BCUT2D eigenvalue weighted by atomic mass is 10.1. The van der Waals surface area contributed by atoms with E-state index >= 15 is 0 Å². The number of benzene rings is 1. The third-order valence-electron chi connectivity index (χ3n) is 7.10. The van der Waals surface area contributed by atoms with E-state index in [9.17, 15) is 19.2 Å². The second-order valence-corrected chi connectivity index (χ2v) is 10.1. The number of amides is 3. The summed E-state index contributed by atoms with van der Waals surface area (Å²) in [5, 5.41) is 5.25. The highest BCUT2D eigenvalue weighted by Crippen LogP contribution is 2.38. The average molecular weight is 593 g/mol. The van der Waals surface area contributed by atoms with Gasteiger partial charge in [0.1, 0.15) is 0 Å². The van der Waals surface area contributed by atoms with Crippen LogP contribution in [0.3, 0.4) is 0 Å². The van der Waals surface area contributed by atoms with Crippen LogP contribution in [-0.4, -0.2) is 87.3 Å². The van der Waals surface area contributed by atoms with Gasteiger partial charge < -0.3 is 38.9 Å². The van der Waals surface area contributed by atoms with Crippen LogP contribution >= 0.6 is 0 Å². The molecule has 15 heteroatoms. The molecule has 1 fully saturated rings. The van der Waals surface area contributed by atoms with Gasteiger partial charge in [0.25, 0.3) is 11.8 Å². The fraction of sp³-hybridized carbons (Fsp3) is 0.393. The van der Waals surface area contributed by atoms with Gasteiger partial charge in [0.05, 0.1) is 38.1 Å². The lowest BCUT2D eigenvalue weighted by molar-refractivity contribution is -0.116. The normalized spacial score (nSPS) is 15.4. The van der Waals surface area contributed by atoms with Gasteiger partial charge in [0.15, 0.2) is 23.1 Å². The molecule has 0 aliphatic carbocycles. The molecule has 2 aliphatic rings. The number of esters is 1. The molecule has 0 bridgehead atoms. The molecule has 4 heterocycles. The molecule has 1 saturated heterocycles. The molecule has 2 aromatic heterocycles. The molecule has 1 aromatic carbocycles. The molecule has 15 nitrogen and oxygen atoms in total. The number of rotatable bonds is 10. The highest BCUT2D eigenvalue weighted by atomic mass is 16.5. The van der Waals surface area contributed by atoms with Crippen molar-refractivity contribution in [1.29, 1.82) is 0 Å². The van der Waals surface area contributed by atoms with E-state index in [1.54, 1.807) is 26.2 Å². The van der Waals surface area contributed by atoms with Gasteiger partial charge in [-0.25, -0.2) is 14.8 Å². The molecule has 0 saturated carbocycles. The predicted molar refractivity (Wildman–Crippen MR) is 154 cm³/mol. The van der Waals surface area contributed by atoms with Crippen molar-refractivity contribution in [1.82, 2.24) is 24.0 Å². The summed E-state index contributed by atoms with van der Waals surface area (Å²) >= 11 is 0. The number of methoxy groups -OCH3 is 2. The number of imidazole rings is 2. The lowest BCUT2D eigenvalue weighted by Gasteiger charge is -2.20. The zero-order valence-corrected chi connectivity index (χ0v) is 24.2. The lowest BCUT2D eigenvalue weighted by Crippen LogP contribution is -2.35. The highest BCUT2D eigenvalue weighted by Gasteiger charge is 2.32. The molecular weight excluding hydrogens is 560 g/mol. The Bertz CT molecular complexity index is 1610. The average Bonchev–Trinajstić information content (AvgIpc) is 3.69. The minimum Gasteiger partial charge on any atom is -0.493 e. The maximum atomic E-state index is 13.0. The standard InChI is InChI=1S/C28H32N8O7/c1-34-14-21(31-24(34)26(38)33-22-15-35(2)25(32-22)28(40)42-4)30-23(37)8-6-10-43-20-12-18-17(11-19(20)41-3)27(39)36-9-5-7-16(36)13-29-18/h11-16H,5-10H2,1-4H3,(H,30,37)(H,33,38). The first-order chi connectivity index (χ1) is 20.7. The van der Waals surface area contributed by atoms with Crippen LogP contribution in [0.5, 0.6) is 11.5 Å². The Morgan fingerprint density at radius 1 is 1.00 bits per heavy atom. The van der Waals surface area contributed by atoms with Gasteiger partial charge in [-0.15, -0.1) is 0 Å². The van der Waals surface area contributed by atoms with E-state index in [1.165, 1.54) is 35.7 Å². The Balaban J connectivity index is 1.14. The molecule has 1 atom stereocenters. The molecule has 3 aromatic rings. The summed E-state index contributed by atoms with van der Waals surface area (Å²) in [7, 11) is 5.94. The molecule has 2 N–H and O–H groups in total. The van der Waals surface area contributed by atoms with Crippen molar-refractivity contribution in [3.63, 3.8) is 0 Å². The van der Waals surface area contributed by atoms with Crippen LogP contribution in [0.1, 0.15) is 57.3 Å². The Morgan fingerprint density at radius 2 is 1.72 bits per heavy atom. The van der Waals surface area contributed by atoms with Crippen molar-refractivity contribution in [3.8, 4) is 11.5 Å². The number of anilines is 2. The first-order valence-corrected chi connectivity index (χ1v) is 13.6. The van der Waals surface area contributed by atoms with Crippen LogP contribution in [0.4, 0.5) is 17.3 Å². The number of hydrogen-bond donors (Lipinski definition) is 2. The smallest absolute Gasteiger partial charge is 0.374 e. The Morgan fingerprint density at radius 3 is 2.47 bits per heavy atom. The summed E-state index contributed by atoms with van der Waals surface area (Å²) in [6.45, 7) is 0.914. The number of nitrogens with one attached hydrogen (secondary N) is 2. The Kier molecular flexibility index (Phi) is 8.41. The molecule has 5 rings (SSSR count). The second kappa shape index (κ2) is 12.3. The van der Waals surface area contributed by atoms with E-state index in [4.69, 9.17) is 9.47 Å². The molecule has 0 radical (unpaired) electrons. The van der Waals surface area contributed by atoms with Crippen molar-refractivity contribution in [2.75, 3.05) is 38.0 Å². The van der Waals surface area contributed by atoms with Gasteiger partial charge >= 0.3 is 5.97 Å². The minimum atomic E-state index is -0.640. The molecular formula is C28H32N8O7. The fourth-order valence-electron chi connectivity index (χ4n) is 4.96. The number of ether oxygens (including phenoxy) is 3. The Labute approximate surface area is 246 Å². The maximum Gasteiger partial charge on any atom is 0.374 e. The summed E-state index contributed by atoms with van der Waals surface area (Å²) in [5.41, 5.74) is 0.994. The third-order valence-corrected chi connectivity index (χ3v) is 7.10. The summed E-state index contributed by atoms with van der Waals surface area (Å²) in [5.74, 6) is -0.361. The second-order valence-electron chi connectivity index (χ2n) is 10.1.